The first-order valence-corrected chi connectivity index (χ1v) is 10.3. The summed E-state index contributed by atoms with van der Waals surface area (Å²) in [6.45, 7) is 0.526. The highest BCUT2D eigenvalue weighted by Gasteiger charge is 2.51. The number of aryl methyl sites for hydroxylation is 1. The molecule has 1 aromatic carbocycles. The number of carbonyl (C=O) groups excluding carboxylic acids is 2. The summed E-state index contributed by atoms with van der Waals surface area (Å²) in [6.07, 6.45) is 7.85. The largest absolute Gasteiger partial charge is 0.346 e. The highest BCUT2D eigenvalue weighted by Crippen LogP contribution is 2.50. The molecule has 1 saturated carbocycles. The number of hydrogen-bond donors (Lipinski definition) is 1. The van der Waals surface area contributed by atoms with E-state index in [4.69, 9.17) is 0 Å². The molecule has 1 spiro atoms. The summed E-state index contributed by atoms with van der Waals surface area (Å²) in [4.78, 5) is 31.1. The number of anilines is 1. The molecule has 2 aliphatic rings. The molecule has 1 fully saturated rings. The molecule has 0 unspecified atom stereocenters. The van der Waals surface area contributed by atoms with Crippen LogP contribution in [0, 0.1) is 0 Å². The van der Waals surface area contributed by atoms with Crippen LogP contribution in [0.25, 0.3) is 17.0 Å². The van der Waals surface area contributed by atoms with E-state index in [0.717, 1.165) is 41.6 Å². The Morgan fingerprint density at radius 3 is 2.83 bits per heavy atom. The van der Waals surface area contributed by atoms with Crippen molar-refractivity contribution in [2.45, 2.75) is 31.2 Å². The number of carbonyl (C=O) groups is 2. The molecular weight excluding hydrogens is 376 g/mol. The Bertz CT molecular complexity index is 1200. The first-order valence-electron chi connectivity index (χ1n) is 10.3. The Morgan fingerprint density at radius 2 is 2.10 bits per heavy atom. The zero-order valence-corrected chi connectivity index (χ0v) is 17.2. The van der Waals surface area contributed by atoms with Crippen molar-refractivity contribution in [3.8, 4) is 0 Å². The van der Waals surface area contributed by atoms with Gasteiger partial charge in [-0.2, -0.15) is 0 Å². The van der Waals surface area contributed by atoms with Crippen LogP contribution in [0.5, 0.6) is 0 Å². The lowest BCUT2D eigenvalue weighted by Crippen LogP contribution is -2.40. The second-order valence-corrected chi connectivity index (χ2v) is 8.34. The van der Waals surface area contributed by atoms with Crippen molar-refractivity contribution >= 4 is 34.6 Å². The van der Waals surface area contributed by atoms with Crippen molar-refractivity contribution in [2.75, 3.05) is 12.4 Å². The lowest BCUT2D eigenvalue weighted by Gasteiger charge is -2.35. The van der Waals surface area contributed by atoms with Crippen LogP contribution in [0.1, 0.15) is 36.1 Å². The van der Waals surface area contributed by atoms with E-state index in [-0.39, 0.29) is 11.8 Å². The van der Waals surface area contributed by atoms with Crippen molar-refractivity contribution in [1.82, 2.24) is 14.5 Å². The number of fused-ring (bicyclic) bond motifs is 3. The van der Waals surface area contributed by atoms with Crippen LogP contribution in [0.15, 0.2) is 48.7 Å². The predicted molar refractivity (Wildman–Crippen MR) is 117 cm³/mol. The smallest absolute Gasteiger partial charge is 0.246 e. The van der Waals surface area contributed by atoms with E-state index >= 15 is 0 Å². The molecular formula is C24H24N4O2. The quantitative estimate of drug-likeness (QED) is 0.680. The minimum absolute atomic E-state index is 0.0585. The van der Waals surface area contributed by atoms with Crippen LogP contribution >= 0.6 is 0 Å². The molecule has 30 heavy (non-hydrogen) atoms. The zero-order chi connectivity index (χ0) is 20.9. The van der Waals surface area contributed by atoms with Crippen LogP contribution < -0.4 is 5.32 Å². The fourth-order valence-corrected chi connectivity index (χ4v) is 4.53. The van der Waals surface area contributed by atoms with Gasteiger partial charge in [-0.05, 0) is 48.1 Å². The number of nitrogens with zero attached hydrogens (tertiary/aromatic N) is 3. The first-order chi connectivity index (χ1) is 14.5. The van der Waals surface area contributed by atoms with E-state index in [0.29, 0.717) is 12.4 Å². The van der Waals surface area contributed by atoms with Crippen molar-refractivity contribution in [2.24, 2.45) is 7.05 Å². The minimum Gasteiger partial charge on any atom is -0.346 e. The van der Waals surface area contributed by atoms with E-state index in [1.54, 1.807) is 30.3 Å². The Hall–Kier alpha value is -3.41. The van der Waals surface area contributed by atoms with Crippen molar-refractivity contribution in [3.05, 3.63) is 65.5 Å². The van der Waals surface area contributed by atoms with Gasteiger partial charge in [-0.25, -0.2) is 4.98 Å². The summed E-state index contributed by atoms with van der Waals surface area (Å²) in [6, 6.07) is 12.3. The molecule has 0 bridgehead atoms. The highest BCUT2D eigenvalue weighted by atomic mass is 16.2. The molecule has 0 saturated heterocycles. The number of likely N-dealkylation sites (N-methyl/N-ethyl adjacent to an activating group) is 1. The molecule has 5 rings (SSSR count). The number of nitrogens with one attached hydrogen (secondary N) is 1. The molecule has 3 heterocycles. The number of benzene rings is 1. The maximum absolute atomic E-state index is 12.7. The molecule has 1 aliphatic carbocycles. The fraction of sp³-hybridized carbons (Fsp3) is 0.292. The molecule has 3 aromatic rings. The van der Waals surface area contributed by atoms with Gasteiger partial charge in [0.15, 0.2) is 0 Å². The molecule has 0 radical (unpaired) electrons. The molecule has 152 valence electrons. The summed E-state index contributed by atoms with van der Waals surface area (Å²) in [5, 5.41) is 4.06. The third-order valence-corrected chi connectivity index (χ3v) is 6.54. The average Bonchev–Trinajstić information content (AvgIpc) is 3.19. The summed E-state index contributed by atoms with van der Waals surface area (Å²) in [5.74, 6) is 0.646. The Balaban J connectivity index is 1.32. The Morgan fingerprint density at radius 1 is 1.30 bits per heavy atom. The molecule has 6 heteroatoms. The molecule has 2 aromatic heterocycles. The van der Waals surface area contributed by atoms with E-state index < -0.39 is 5.41 Å². The standard InChI is InChI=1S/C24H24N4O2/c1-27(15-18-13-17-6-3-4-7-20(17)28(18)2)21(29)9-8-16-12-19-22(25-14-16)26-23(30)24(19)10-5-11-24/h3-4,6-9,12-14H,5,10-11,15H2,1-2H3,(H,25,26,30). The monoisotopic (exact) mass is 400 g/mol. The summed E-state index contributed by atoms with van der Waals surface area (Å²) in [5.41, 5.74) is 3.64. The van der Waals surface area contributed by atoms with Crippen molar-refractivity contribution in [3.63, 3.8) is 0 Å². The first kappa shape index (κ1) is 18.6. The Kier molecular flexibility index (Phi) is 4.24. The Labute approximate surface area is 175 Å². The van der Waals surface area contributed by atoms with Crippen molar-refractivity contribution < 1.29 is 9.59 Å². The number of aromatic nitrogens is 2. The third-order valence-electron chi connectivity index (χ3n) is 6.54. The maximum Gasteiger partial charge on any atom is 0.246 e. The van der Waals surface area contributed by atoms with Gasteiger partial charge in [0.05, 0.1) is 12.0 Å². The third kappa shape index (κ3) is 2.83. The van der Waals surface area contributed by atoms with E-state index in [2.05, 4.69) is 33.1 Å². The lowest BCUT2D eigenvalue weighted by molar-refractivity contribution is -0.125. The van der Waals surface area contributed by atoms with Gasteiger partial charge in [-0.15, -0.1) is 0 Å². The highest BCUT2D eigenvalue weighted by molar-refractivity contribution is 6.06. The zero-order valence-electron chi connectivity index (χ0n) is 17.2. The summed E-state index contributed by atoms with van der Waals surface area (Å²) >= 11 is 0. The van der Waals surface area contributed by atoms with Gasteiger partial charge in [0.25, 0.3) is 0 Å². The van der Waals surface area contributed by atoms with Crippen LogP contribution in [-0.2, 0) is 28.6 Å². The number of hydrogen-bond acceptors (Lipinski definition) is 3. The lowest BCUT2D eigenvalue weighted by atomic mass is 9.65. The molecule has 2 amide bonds. The number of rotatable bonds is 4. The van der Waals surface area contributed by atoms with Crippen LogP contribution in [-0.4, -0.2) is 33.3 Å². The normalized spacial score (nSPS) is 16.7. The average molecular weight is 400 g/mol. The minimum atomic E-state index is -0.401. The summed E-state index contributed by atoms with van der Waals surface area (Å²) in [7, 11) is 3.82. The van der Waals surface area contributed by atoms with Gasteiger partial charge >= 0.3 is 0 Å². The van der Waals surface area contributed by atoms with Crippen LogP contribution in [0.4, 0.5) is 5.82 Å². The van der Waals surface area contributed by atoms with Gasteiger partial charge < -0.3 is 14.8 Å². The maximum atomic E-state index is 12.7. The number of pyridine rings is 1. The van der Waals surface area contributed by atoms with Crippen LogP contribution in [0.3, 0.4) is 0 Å². The molecule has 1 N–H and O–H groups in total. The van der Waals surface area contributed by atoms with Crippen molar-refractivity contribution in [1.29, 1.82) is 0 Å². The van der Waals surface area contributed by atoms with E-state index in [1.807, 2.05) is 25.2 Å². The second-order valence-electron chi connectivity index (χ2n) is 8.34. The molecule has 1 aliphatic heterocycles. The second kappa shape index (κ2) is 6.83. The topological polar surface area (TPSA) is 67.2 Å². The SMILES string of the molecule is CN(Cc1cc2ccccc2n1C)C(=O)C=Cc1cnc2c(c1)C1(CCC1)C(=O)N2. The van der Waals surface area contributed by atoms with Gasteiger partial charge in [0.2, 0.25) is 11.8 Å². The van der Waals surface area contributed by atoms with E-state index in [1.165, 1.54) is 5.39 Å². The summed E-state index contributed by atoms with van der Waals surface area (Å²) < 4.78 is 2.12. The fourth-order valence-electron chi connectivity index (χ4n) is 4.53. The van der Waals surface area contributed by atoms with Gasteiger partial charge in [0, 0.05) is 43.1 Å². The predicted octanol–water partition coefficient (Wildman–Crippen LogP) is 3.62. The van der Waals surface area contributed by atoms with E-state index in [9.17, 15) is 9.59 Å². The van der Waals surface area contributed by atoms with Gasteiger partial charge in [0.1, 0.15) is 5.82 Å². The number of para-hydroxylation sites is 1. The van der Waals surface area contributed by atoms with Gasteiger partial charge in [-0.1, -0.05) is 24.6 Å². The molecule has 6 nitrogen and oxygen atoms in total. The van der Waals surface area contributed by atoms with Crippen LogP contribution in [0.2, 0.25) is 0 Å². The molecule has 0 atom stereocenters. The van der Waals surface area contributed by atoms with Gasteiger partial charge in [-0.3, -0.25) is 9.59 Å². The number of amides is 2.